The lowest BCUT2D eigenvalue weighted by molar-refractivity contribution is 0.194. The van der Waals surface area contributed by atoms with Crippen molar-refractivity contribution in [2.45, 2.75) is 71.3 Å². The van der Waals surface area contributed by atoms with Gasteiger partial charge in [-0.05, 0) is 25.5 Å². The minimum atomic E-state index is -0.785. The molecule has 3 heteroatoms. The summed E-state index contributed by atoms with van der Waals surface area (Å²) in [7, 11) is 0. The first kappa shape index (κ1) is 18.0. The van der Waals surface area contributed by atoms with Gasteiger partial charge in [-0.3, -0.25) is 0 Å². The van der Waals surface area contributed by atoms with Crippen LogP contribution >= 0.6 is 0 Å². The molecule has 0 amide bonds. The van der Waals surface area contributed by atoms with Crippen LogP contribution in [-0.4, -0.2) is 11.7 Å². The number of ether oxygens (including phenoxy) is 1. The number of aliphatic hydroxyl groups is 1. The molecule has 1 aromatic rings. The molecule has 1 N–H and O–H groups in total. The molecule has 1 aromatic carbocycles. The molecule has 2 nitrogen and oxygen atoms in total. The van der Waals surface area contributed by atoms with Crippen molar-refractivity contribution in [1.29, 1.82) is 0 Å². The number of rotatable bonds is 11. The van der Waals surface area contributed by atoms with Gasteiger partial charge in [0.2, 0.25) is 0 Å². The molecular formula is C18H29FO2. The quantitative estimate of drug-likeness (QED) is 0.554. The standard InChI is InChI=1S/C18H29FO2/c1-3-4-5-6-7-8-9-10-13-21-16-11-12-17(15(2)20)18(19)14-16/h11-12,14-15,20H,3-10,13H2,1-2H3/t15-/m1/s1. The van der Waals surface area contributed by atoms with Crippen LogP contribution in [0.2, 0.25) is 0 Å². The molecule has 0 unspecified atom stereocenters. The summed E-state index contributed by atoms with van der Waals surface area (Å²) in [5, 5.41) is 9.37. The Bertz CT molecular complexity index is 391. The van der Waals surface area contributed by atoms with Gasteiger partial charge in [-0.15, -0.1) is 0 Å². The minimum absolute atomic E-state index is 0.314. The minimum Gasteiger partial charge on any atom is -0.493 e. The van der Waals surface area contributed by atoms with Crippen molar-refractivity contribution in [3.63, 3.8) is 0 Å². The molecule has 0 aliphatic rings. The largest absolute Gasteiger partial charge is 0.493 e. The monoisotopic (exact) mass is 296 g/mol. The molecule has 1 rings (SSSR count). The summed E-state index contributed by atoms with van der Waals surface area (Å²) in [6.07, 6.45) is 9.26. The van der Waals surface area contributed by atoms with E-state index in [0.29, 0.717) is 17.9 Å². The lowest BCUT2D eigenvalue weighted by Gasteiger charge is -2.10. The molecule has 0 heterocycles. The van der Waals surface area contributed by atoms with Crippen LogP contribution in [0.3, 0.4) is 0 Å². The fourth-order valence-corrected chi connectivity index (χ4v) is 2.36. The number of aliphatic hydroxyl groups excluding tert-OH is 1. The highest BCUT2D eigenvalue weighted by Gasteiger charge is 2.08. The van der Waals surface area contributed by atoms with Gasteiger partial charge in [0.1, 0.15) is 11.6 Å². The summed E-state index contributed by atoms with van der Waals surface area (Å²) in [6.45, 7) is 4.41. The van der Waals surface area contributed by atoms with E-state index in [1.54, 1.807) is 19.1 Å². The Morgan fingerprint density at radius 2 is 1.67 bits per heavy atom. The van der Waals surface area contributed by atoms with E-state index in [2.05, 4.69) is 6.92 Å². The molecule has 21 heavy (non-hydrogen) atoms. The first-order chi connectivity index (χ1) is 10.1. The Labute approximate surface area is 128 Å². The SMILES string of the molecule is CCCCCCCCCCOc1ccc([C@@H](C)O)c(F)c1. The van der Waals surface area contributed by atoms with E-state index in [1.165, 1.54) is 51.0 Å². The van der Waals surface area contributed by atoms with Gasteiger partial charge < -0.3 is 9.84 Å². The Kier molecular flexibility index (Phi) is 9.07. The van der Waals surface area contributed by atoms with Gasteiger partial charge in [0.05, 0.1) is 12.7 Å². The van der Waals surface area contributed by atoms with Crippen LogP contribution in [0.25, 0.3) is 0 Å². The third-order valence-electron chi connectivity index (χ3n) is 3.69. The number of benzene rings is 1. The average molecular weight is 296 g/mol. The van der Waals surface area contributed by atoms with E-state index >= 15 is 0 Å². The smallest absolute Gasteiger partial charge is 0.132 e. The van der Waals surface area contributed by atoms with Gasteiger partial charge in [-0.25, -0.2) is 4.39 Å². The topological polar surface area (TPSA) is 29.5 Å². The Morgan fingerprint density at radius 1 is 1.05 bits per heavy atom. The number of halogens is 1. The zero-order valence-electron chi connectivity index (χ0n) is 13.4. The highest BCUT2D eigenvalue weighted by atomic mass is 19.1. The number of hydrogen-bond acceptors (Lipinski definition) is 2. The summed E-state index contributed by atoms with van der Waals surface area (Å²) < 4.78 is 19.2. The van der Waals surface area contributed by atoms with Crippen molar-refractivity contribution >= 4 is 0 Å². The van der Waals surface area contributed by atoms with Gasteiger partial charge in [-0.1, -0.05) is 51.9 Å². The summed E-state index contributed by atoms with van der Waals surface area (Å²) in [5.74, 6) is 0.137. The second-order valence-electron chi connectivity index (χ2n) is 5.68. The van der Waals surface area contributed by atoms with E-state index in [4.69, 9.17) is 4.74 Å². The Morgan fingerprint density at radius 3 is 2.24 bits per heavy atom. The maximum atomic E-state index is 13.6. The van der Waals surface area contributed by atoms with E-state index in [-0.39, 0.29) is 0 Å². The lowest BCUT2D eigenvalue weighted by Crippen LogP contribution is -2.00. The van der Waals surface area contributed by atoms with Gasteiger partial charge in [0.25, 0.3) is 0 Å². The number of hydrogen-bond donors (Lipinski definition) is 1. The highest BCUT2D eigenvalue weighted by Crippen LogP contribution is 2.22. The molecule has 120 valence electrons. The van der Waals surface area contributed by atoms with Gasteiger partial charge in [-0.2, -0.15) is 0 Å². The van der Waals surface area contributed by atoms with Crippen molar-refractivity contribution in [1.82, 2.24) is 0 Å². The second kappa shape index (κ2) is 10.6. The summed E-state index contributed by atoms with van der Waals surface area (Å²) in [4.78, 5) is 0. The maximum Gasteiger partial charge on any atom is 0.132 e. The fraction of sp³-hybridized carbons (Fsp3) is 0.667. The molecule has 0 saturated heterocycles. The highest BCUT2D eigenvalue weighted by molar-refractivity contribution is 5.29. The molecule has 0 spiro atoms. The van der Waals surface area contributed by atoms with Crippen molar-refractivity contribution in [3.8, 4) is 5.75 Å². The molecule has 0 bridgehead atoms. The van der Waals surface area contributed by atoms with E-state index in [1.807, 2.05) is 0 Å². The van der Waals surface area contributed by atoms with Gasteiger partial charge in [0, 0.05) is 11.6 Å². The number of unbranched alkanes of at least 4 members (excludes halogenated alkanes) is 7. The van der Waals surface area contributed by atoms with Crippen LogP contribution in [0.5, 0.6) is 5.75 Å². The van der Waals surface area contributed by atoms with Crippen LogP contribution in [-0.2, 0) is 0 Å². The summed E-state index contributed by atoms with van der Waals surface area (Å²) in [6, 6.07) is 4.66. The van der Waals surface area contributed by atoms with Gasteiger partial charge in [0.15, 0.2) is 0 Å². The Balaban J connectivity index is 2.11. The summed E-state index contributed by atoms with van der Waals surface area (Å²) in [5.41, 5.74) is 0.314. The molecule has 0 radical (unpaired) electrons. The first-order valence-electron chi connectivity index (χ1n) is 8.25. The van der Waals surface area contributed by atoms with Crippen LogP contribution in [0.4, 0.5) is 4.39 Å². The molecular weight excluding hydrogens is 267 g/mol. The zero-order valence-corrected chi connectivity index (χ0v) is 13.4. The van der Waals surface area contributed by atoms with E-state index in [9.17, 15) is 9.50 Å². The molecule has 0 aliphatic carbocycles. The third-order valence-corrected chi connectivity index (χ3v) is 3.69. The predicted octanol–water partition coefficient (Wildman–Crippen LogP) is 5.40. The zero-order chi connectivity index (χ0) is 15.5. The lowest BCUT2D eigenvalue weighted by atomic mass is 10.1. The van der Waals surface area contributed by atoms with Crippen LogP contribution in [0, 0.1) is 5.82 Å². The average Bonchev–Trinajstić information content (AvgIpc) is 2.45. The second-order valence-corrected chi connectivity index (χ2v) is 5.68. The van der Waals surface area contributed by atoms with Crippen molar-refractivity contribution in [2.24, 2.45) is 0 Å². The van der Waals surface area contributed by atoms with Gasteiger partial charge >= 0.3 is 0 Å². The predicted molar refractivity (Wildman–Crippen MR) is 85.1 cm³/mol. The molecule has 0 aliphatic heterocycles. The molecule has 0 aromatic heterocycles. The molecule has 1 atom stereocenters. The molecule has 0 fully saturated rings. The normalized spacial score (nSPS) is 12.4. The first-order valence-corrected chi connectivity index (χ1v) is 8.25. The fourth-order valence-electron chi connectivity index (χ4n) is 2.36. The van der Waals surface area contributed by atoms with E-state index < -0.39 is 11.9 Å². The van der Waals surface area contributed by atoms with Crippen molar-refractivity contribution in [3.05, 3.63) is 29.6 Å². The van der Waals surface area contributed by atoms with Crippen molar-refractivity contribution in [2.75, 3.05) is 6.61 Å². The molecule has 0 saturated carbocycles. The summed E-state index contributed by atoms with van der Waals surface area (Å²) >= 11 is 0. The van der Waals surface area contributed by atoms with Crippen LogP contribution in [0.15, 0.2) is 18.2 Å². The van der Waals surface area contributed by atoms with E-state index in [0.717, 1.165) is 6.42 Å². The Hall–Kier alpha value is -1.09. The maximum absolute atomic E-state index is 13.6. The third kappa shape index (κ3) is 7.47. The van der Waals surface area contributed by atoms with Crippen molar-refractivity contribution < 1.29 is 14.2 Å². The van der Waals surface area contributed by atoms with Crippen LogP contribution in [0.1, 0.15) is 76.9 Å². The van der Waals surface area contributed by atoms with Crippen LogP contribution < -0.4 is 4.74 Å².